The minimum atomic E-state index is 0.159. The van der Waals surface area contributed by atoms with Crippen LogP contribution in [0.25, 0.3) is 0 Å². The summed E-state index contributed by atoms with van der Waals surface area (Å²) in [7, 11) is 1.95. The van der Waals surface area contributed by atoms with Crippen molar-refractivity contribution in [2.75, 3.05) is 18.6 Å². The molecule has 1 rings (SSSR count). The van der Waals surface area contributed by atoms with Crippen LogP contribution < -0.4 is 9.64 Å². The number of ether oxygens (including phenoxy) is 1. The average molecular weight is 273 g/mol. The third kappa shape index (κ3) is 4.29. The predicted octanol–water partition coefficient (Wildman–Crippen LogP) is 2.79. The van der Waals surface area contributed by atoms with E-state index < -0.39 is 0 Å². The third-order valence-corrected chi connectivity index (χ3v) is 2.81. The summed E-state index contributed by atoms with van der Waals surface area (Å²) in [6.07, 6.45) is 1.06. The maximum Gasteiger partial charge on any atom is 0.322 e. The molecular formula is C12H21ClN4O. The van der Waals surface area contributed by atoms with Crippen LogP contribution in [0.15, 0.2) is 0 Å². The first-order chi connectivity index (χ1) is 8.43. The highest BCUT2D eigenvalue weighted by Gasteiger charge is 2.16. The molecule has 102 valence electrons. The molecule has 0 aromatic carbocycles. The lowest BCUT2D eigenvalue weighted by Crippen LogP contribution is -2.31. The molecule has 1 atom stereocenters. The summed E-state index contributed by atoms with van der Waals surface area (Å²) in [5, 5.41) is 0.159. The van der Waals surface area contributed by atoms with Crippen LogP contribution in [-0.2, 0) is 0 Å². The van der Waals surface area contributed by atoms with E-state index in [0.29, 0.717) is 24.5 Å². The lowest BCUT2D eigenvalue weighted by molar-refractivity contribution is 0.311. The van der Waals surface area contributed by atoms with Gasteiger partial charge in [-0.25, -0.2) is 0 Å². The molecule has 18 heavy (non-hydrogen) atoms. The first-order valence-electron chi connectivity index (χ1n) is 6.21. The van der Waals surface area contributed by atoms with Crippen molar-refractivity contribution < 1.29 is 4.74 Å². The minimum Gasteiger partial charge on any atom is -0.464 e. The lowest BCUT2D eigenvalue weighted by Gasteiger charge is -2.26. The maximum absolute atomic E-state index is 5.87. The number of hydrogen-bond donors (Lipinski definition) is 0. The molecule has 1 heterocycles. The molecule has 1 aromatic heterocycles. The second-order valence-corrected chi connectivity index (χ2v) is 5.05. The van der Waals surface area contributed by atoms with Crippen LogP contribution in [0.3, 0.4) is 0 Å². The molecule has 1 aromatic rings. The monoisotopic (exact) mass is 272 g/mol. The van der Waals surface area contributed by atoms with Gasteiger partial charge in [-0.2, -0.15) is 15.0 Å². The quantitative estimate of drug-likeness (QED) is 0.797. The highest BCUT2D eigenvalue weighted by Crippen LogP contribution is 2.18. The van der Waals surface area contributed by atoms with E-state index in [4.69, 9.17) is 16.3 Å². The largest absolute Gasteiger partial charge is 0.464 e. The van der Waals surface area contributed by atoms with Crippen molar-refractivity contribution in [1.82, 2.24) is 15.0 Å². The van der Waals surface area contributed by atoms with Gasteiger partial charge in [0.15, 0.2) is 0 Å². The zero-order valence-electron chi connectivity index (χ0n) is 11.6. The smallest absolute Gasteiger partial charge is 0.322 e. The van der Waals surface area contributed by atoms with Crippen LogP contribution in [0.5, 0.6) is 6.01 Å². The van der Waals surface area contributed by atoms with Gasteiger partial charge in [0.2, 0.25) is 11.2 Å². The van der Waals surface area contributed by atoms with Gasteiger partial charge in [0, 0.05) is 13.1 Å². The molecule has 0 N–H and O–H groups in total. The lowest BCUT2D eigenvalue weighted by atomic mass is 10.0. The Bertz CT molecular complexity index is 386. The molecule has 0 spiro atoms. The normalized spacial score (nSPS) is 12.6. The van der Waals surface area contributed by atoms with Crippen molar-refractivity contribution >= 4 is 17.5 Å². The molecule has 0 bridgehead atoms. The Morgan fingerprint density at radius 1 is 1.22 bits per heavy atom. The maximum atomic E-state index is 5.87. The molecule has 1 unspecified atom stereocenters. The van der Waals surface area contributed by atoms with Gasteiger partial charge in [-0.3, -0.25) is 0 Å². The van der Waals surface area contributed by atoms with E-state index in [0.717, 1.165) is 6.42 Å². The van der Waals surface area contributed by atoms with Crippen LogP contribution in [0, 0.1) is 5.92 Å². The van der Waals surface area contributed by atoms with Gasteiger partial charge in [0.1, 0.15) is 0 Å². The standard InChI is InChI=1S/C12H21ClN4O/c1-6-18-12-15-10(13)14-11(16-12)17(5)9(4)7-8(2)3/h8-9H,6-7H2,1-5H3. The first-order valence-corrected chi connectivity index (χ1v) is 6.59. The van der Waals surface area contributed by atoms with E-state index in [9.17, 15) is 0 Å². The molecule has 0 amide bonds. The summed E-state index contributed by atoms with van der Waals surface area (Å²) >= 11 is 5.87. The third-order valence-electron chi connectivity index (χ3n) is 2.64. The van der Waals surface area contributed by atoms with Crippen LogP contribution in [0.4, 0.5) is 5.95 Å². The van der Waals surface area contributed by atoms with Gasteiger partial charge in [-0.1, -0.05) is 13.8 Å². The highest BCUT2D eigenvalue weighted by molar-refractivity contribution is 6.28. The summed E-state index contributed by atoms with van der Waals surface area (Å²) < 4.78 is 5.27. The highest BCUT2D eigenvalue weighted by atomic mass is 35.5. The fourth-order valence-electron chi connectivity index (χ4n) is 1.71. The minimum absolute atomic E-state index is 0.159. The number of aromatic nitrogens is 3. The topological polar surface area (TPSA) is 51.1 Å². The fraction of sp³-hybridized carbons (Fsp3) is 0.750. The van der Waals surface area contributed by atoms with E-state index in [1.165, 1.54) is 0 Å². The van der Waals surface area contributed by atoms with E-state index in [-0.39, 0.29) is 11.3 Å². The number of anilines is 1. The molecule has 0 saturated heterocycles. The van der Waals surface area contributed by atoms with Gasteiger partial charge in [-0.05, 0) is 37.8 Å². The van der Waals surface area contributed by atoms with Gasteiger partial charge < -0.3 is 9.64 Å². The van der Waals surface area contributed by atoms with Crippen molar-refractivity contribution in [2.45, 2.75) is 40.2 Å². The zero-order valence-corrected chi connectivity index (χ0v) is 12.4. The molecule has 0 fully saturated rings. The Hall–Kier alpha value is -1.10. The number of halogens is 1. The Balaban J connectivity index is 2.87. The number of rotatable bonds is 6. The van der Waals surface area contributed by atoms with E-state index in [1.54, 1.807) is 0 Å². The van der Waals surface area contributed by atoms with Crippen molar-refractivity contribution in [3.8, 4) is 6.01 Å². The van der Waals surface area contributed by atoms with Crippen LogP contribution in [0.1, 0.15) is 34.1 Å². The van der Waals surface area contributed by atoms with Gasteiger partial charge in [0.05, 0.1) is 6.61 Å². The van der Waals surface area contributed by atoms with Crippen molar-refractivity contribution in [1.29, 1.82) is 0 Å². The molecule has 0 aliphatic carbocycles. The summed E-state index contributed by atoms with van der Waals surface area (Å²) in [6, 6.07) is 0.606. The molecule has 0 aliphatic rings. The summed E-state index contributed by atoms with van der Waals surface area (Å²) in [5.74, 6) is 1.16. The molecule has 5 nitrogen and oxygen atoms in total. The summed E-state index contributed by atoms with van der Waals surface area (Å²) in [6.45, 7) is 8.90. The van der Waals surface area contributed by atoms with Crippen LogP contribution in [-0.4, -0.2) is 34.6 Å². The van der Waals surface area contributed by atoms with E-state index in [1.807, 2.05) is 18.9 Å². The fourth-order valence-corrected chi connectivity index (χ4v) is 1.86. The second kappa shape index (κ2) is 6.73. The molecule has 0 radical (unpaired) electrons. The second-order valence-electron chi connectivity index (χ2n) is 4.71. The summed E-state index contributed by atoms with van der Waals surface area (Å²) in [5.41, 5.74) is 0. The van der Waals surface area contributed by atoms with Gasteiger partial charge >= 0.3 is 6.01 Å². The predicted molar refractivity (Wildman–Crippen MR) is 73.3 cm³/mol. The van der Waals surface area contributed by atoms with Crippen molar-refractivity contribution in [3.05, 3.63) is 5.28 Å². The molecule has 0 aliphatic heterocycles. The van der Waals surface area contributed by atoms with Crippen LogP contribution in [0.2, 0.25) is 5.28 Å². The zero-order chi connectivity index (χ0) is 13.7. The van der Waals surface area contributed by atoms with E-state index >= 15 is 0 Å². The van der Waals surface area contributed by atoms with E-state index in [2.05, 4.69) is 35.7 Å². The SMILES string of the molecule is CCOc1nc(Cl)nc(N(C)C(C)CC(C)C)n1. The van der Waals surface area contributed by atoms with Gasteiger partial charge in [0.25, 0.3) is 0 Å². The molecule has 0 saturated carbocycles. The Morgan fingerprint density at radius 3 is 2.44 bits per heavy atom. The first kappa shape index (κ1) is 15.0. The molecular weight excluding hydrogens is 252 g/mol. The Labute approximate surface area is 114 Å². The van der Waals surface area contributed by atoms with Gasteiger partial charge in [-0.15, -0.1) is 0 Å². The Kier molecular flexibility index (Phi) is 5.59. The summed E-state index contributed by atoms with van der Waals surface area (Å²) in [4.78, 5) is 14.3. The average Bonchev–Trinajstić information content (AvgIpc) is 2.26. The van der Waals surface area contributed by atoms with Crippen molar-refractivity contribution in [3.63, 3.8) is 0 Å². The number of hydrogen-bond acceptors (Lipinski definition) is 5. The number of nitrogens with zero attached hydrogens (tertiary/aromatic N) is 4. The van der Waals surface area contributed by atoms with Crippen molar-refractivity contribution in [2.24, 2.45) is 5.92 Å². The Morgan fingerprint density at radius 2 is 1.89 bits per heavy atom. The van der Waals surface area contributed by atoms with Crippen LogP contribution >= 0.6 is 11.6 Å². The molecule has 6 heteroatoms.